The van der Waals surface area contributed by atoms with Gasteiger partial charge < -0.3 is 0 Å². The Morgan fingerprint density at radius 1 is 0.812 bits per heavy atom. The monoisotopic (exact) mass is 457 g/mol. The number of benzene rings is 1. The van der Waals surface area contributed by atoms with Crippen LogP contribution in [0.15, 0.2) is 54.7 Å². The van der Waals surface area contributed by atoms with E-state index >= 15 is 0 Å². The van der Waals surface area contributed by atoms with E-state index in [4.69, 9.17) is 27.6 Å². The van der Waals surface area contributed by atoms with Gasteiger partial charge >= 0.3 is 42.8 Å². The van der Waals surface area contributed by atoms with Crippen molar-refractivity contribution in [3.05, 3.63) is 54.7 Å². The Hall–Kier alpha value is -0.0197. The molecule has 2 rings (SSSR count). The zero-order valence-corrected chi connectivity index (χ0v) is 12.5. The van der Waals surface area contributed by atoms with Crippen LogP contribution in [0.3, 0.4) is 0 Å². The van der Waals surface area contributed by atoms with E-state index in [-0.39, 0.29) is 0 Å². The molecule has 0 aliphatic heterocycles. The molecule has 0 aliphatic rings. The van der Waals surface area contributed by atoms with Gasteiger partial charge in [0, 0.05) is 11.8 Å². The molecule has 5 heteroatoms. The second kappa shape index (κ2) is 8.13. The van der Waals surface area contributed by atoms with E-state index in [1.807, 2.05) is 42.6 Å². The van der Waals surface area contributed by atoms with Crippen molar-refractivity contribution in [1.29, 1.82) is 0 Å². The predicted molar refractivity (Wildman–Crippen MR) is 67.2 cm³/mol. The second-order valence-electron chi connectivity index (χ2n) is 2.71. The van der Waals surface area contributed by atoms with Crippen LogP contribution in [0, 0.1) is 0 Å². The van der Waals surface area contributed by atoms with Crippen molar-refractivity contribution in [3.63, 3.8) is 0 Å². The molecule has 1 heterocycles. The van der Waals surface area contributed by atoms with Crippen molar-refractivity contribution in [2.24, 2.45) is 0 Å². The third kappa shape index (κ3) is 5.90. The van der Waals surface area contributed by atoms with E-state index in [1.54, 1.807) is 0 Å². The van der Waals surface area contributed by atoms with Gasteiger partial charge in [-0.15, -0.1) is 0 Å². The standard InChI is InChI=1S/C11H9N.Au.3ClH/c1-2-6-10(7-3-1)11-8-4-5-9-12-11;;;;/h1-9H;;3*1H/q;+3;;;/p-3. The molecule has 0 unspecified atom stereocenters. The van der Waals surface area contributed by atoms with Crippen LogP contribution in [0.25, 0.3) is 11.3 Å². The quantitative estimate of drug-likeness (QED) is 0.559. The largest absolute Gasteiger partial charge is 0.256 e. The smallest absolute Gasteiger partial charge is 0.0701 e. The summed E-state index contributed by atoms with van der Waals surface area (Å²) in [6, 6.07) is 16.1. The zero-order chi connectivity index (χ0) is 11.8. The maximum Gasteiger partial charge on any atom is 0.0701 e. The summed E-state index contributed by atoms with van der Waals surface area (Å²) in [4.78, 5) is 4.25. The maximum absolute atomic E-state index is 4.95. The fourth-order valence-electron chi connectivity index (χ4n) is 1.14. The Morgan fingerprint density at radius 2 is 1.38 bits per heavy atom. The van der Waals surface area contributed by atoms with E-state index in [2.05, 4.69) is 17.1 Å². The summed E-state index contributed by atoms with van der Waals surface area (Å²) in [6.45, 7) is 0. The number of hydrogen-bond acceptors (Lipinski definition) is 1. The molecular weight excluding hydrogens is 449 g/mol. The van der Waals surface area contributed by atoms with Gasteiger partial charge in [0.1, 0.15) is 0 Å². The van der Waals surface area contributed by atoms with Crippen LogP contribution in [0.5, 0.6) is 0 Å². The topological polar surface area (TPSA) is 12.9 Å². The number of pyridine rings is 1. The molecule has 1 aromatic carbocycles. The van der Waals surface area contributed by atoms with E-state index in [9.17, 15) is 0 Å². The van der Waals surface area contributed by atoms with Gasteiger partial charge in [-0.05, 0) is 12.1 Å². The van der Waals surface area contributed by atoms with Crippen LogP contribution >= 0.6 is 27.6 Å². The van der Waals surface area contributed by atoms with Gasteiger partial charge in [0.2, 0.25) is 0 Å². The average Bonchev–Trinajstić information content (AvgIpc) is 2.31. The maximum atomic E-state index is 4.95. The van der Waals surface area contributed by atoms with Crippen LogP contribution in [-0.4, -0.2) is 4.98 Å². The number of aromatic nitrogens is 1. The minimum absolute atomic E-state index is 1.03. The van der Waals surface area contributed by atoms with Crippen LogP contribution in [0.4, 0.5) is 0 Å². The van der Waals surface area contributed by atoms with Gasteiger partial charge in [-0.25, -0.2) is 0 Å². The summed E-state index contributed by atoms with van der Waals surface area (Å²) in [6.07, 6.45) is 1.81. The van der Waals surface area contributed by atoms with Crippen molar-refractivity contribution >= 4 is 27.6 Å². The molecule has 0 saturated heterocycles. The van der Waals surface area contributed by atoms with Crippen molar-refractivity contribution in [2.45, 2.75) is 0 Å². The van der Waals surface area contributed by atoms with Gasteiger partial charge in [0.25, 0.3) is 0 Å². The second-order valence-corrected chi connectivity index (χ2v) is 12.1. The Balaban J connectivity index is 0.000000280. The normalized spacial score (nSPS) is 10.1. The molecule has 0 aliphatic carbocycles. The first-order valence-corrected chi connectivity index (χ1v) is 12.3. The number of nitrogens with zero attached hydrogens (tertiary/aromatic N) is 1. The number of hydrogen-bond donors (Lipinski definition) is 0. The molecule has 0 fully saturated rings. The molecule has 0 atom stereocenters. The first-order chi connectivity index (χ1) is 7.70. The summed E-state index contributed by atoms with van der Waals surface area (Å²) in [5.41, 5.74) is 2.19. The fourth-order valence-corrected chi connectivity index (χ4v) is 1.14. The third-order valence-electron chi connectivity index (χ3n) is 1.73. The van der Waals surface area contributed by atoms with Gasteiger partial charge in [-0.1, -0.05) is 36.4 Å². The molecule has 90 valence electrons. The van der Waals surface area contributed by atoms with E-state index in [0.717, 1.165) is 11.3 Å². The average molecular weight is 459 g/mol. The SMILES string of the molecule is [Cl][Au]([Cl])[Cl].c1ccc(-c2ccccn2)cc1. The van der Waals surface area contributed by atoms with Crippen LogP contribution in [-0.2, 0) is 15.2 Å². The minimum Gasteiger partial charge on any atom is -0.256 e. The van der Waals surface area contributed by atoms with Crippen molar-refractivity contribution in [3.8, 4) is 11.3 Å². The van der Waals surface area contributed by atoms with Crippen LogP contribution < -0.4 is 0 Å². The molecule has 0 radical (unpaired) electrons. The fraction of sp³-hybridized carbons (Fsp3) is 0. The molecule has 16 heavy (non-hydrogen) atoms. The third-order valence-corrected chi connectivity index (χ3v) is 1.73. The Bertz CT molecular complexity index is 354. The molecule has 1 aromatic heterocycles. The molecule has 2 aromatic rings. The Labute approximate surface area is 113 Å². The van der Waals surface area contributed by atoms with E-state index in [0.29, 0.717) is 0 Å². The van der Waals surface area contributed by atoms with Crippen molar-refractivity contribution in [1.82, 2.24) is 4.98 Å². The summed E-state index contributed by atoms with van der Waals surface area (Å²) in [5, 5.41) is 0. The summed E-state index contributed by atoms with van der Waals surface area (Å²) in [5.74, 6) is 0. The van der Waals surface area contributed by atoms with Gasteiger partial charge in [-0.2, -0.15) is 0 Å². The summed E-state index contributed by atoms with van der Waals surface area (Å²) >= 11 is -1.79. The molecule has 0 bridgehead atoms. The summed E-state index contributed by atoms with van der Waals surface area (Å²) < 4.78 is 0. The number of halogens is 3. The first-order valence-electron chi connectivity index (χ1n) is 4.27. The molecular formula is C11H9AuCl3N. The van der Waals surface area contributed by atoms with Gasteiger partial charge in [0.05, 0.1) is 5.69 Å². The predicted octanol–water partition coefficient (Wildman–Crippen LogP) is 4.81. The zero-order valence-electron chi connectivity index (χ0n) is 8.08. The molecule has 0 amide bonds. The van der Waals surface area contributed by atoms with Crippen molar-refractivity contribution in [2.75, 3.05) is 0 Å². The van der Waals surface area contributed by atoms with Crippen molar-refractivity contribution < 1.29 is 15.2 Å². The minimum atomic E-state index is -1.79. The number of rotatable bonds is 1. The van der Waals surface area contributed by atoms with Crippen LogP contribution in [0.1, 0.15) is 0 Å². The van der Waals surface area contributed by atoms with Gasteiger partial charge in [0.15, 0.2) is 0 Å². The molecule has 0 N–H and O–H groups in total. The van der Waals surface area contributed by atoms with E-state index in [1.165, 1.54) is 0 Å². The summed E-state index contributed by atoms with van der Waals surface area (Å²) in [7, 11) is 14.9. The van der Waals surface area contributed by atoms with Gasteiger partial charge in [-0.3, -0.25) is 4.98 Å². The van der Waals surface area contributed by atoms with E-state index < -0.39 is 15.2 Å². The molecule has 1 nitrogen and oxygen atoms in total. The first kappa shape index (κ1) is 14.0. The molecule has 0 saturated carbocycles. The Kier molecular flexibility index (Phi) is 7.13. The molecule has 0 spiro atoms. The van der Waals surface area contributed by atoms with Crippen LogP contribution in [0.2, 0.25) is 0 Å². The Morgan fingerprint density at radius 3 is 1.88 bits per heavy atom.